The van der Waals surface area contributed by atoms with Crippen molar-refractivity contribution in [2.24, 2.45) is 5.92 Å². The number of allylic oxidation sites excluding steroid dienone is 1. The highest BCUT2D eigenvalue weighted by atomic mass is 28.3. The molecule has 124 valence electrons. The number of benzene rings is 1. The number of nitrogens with one attached hydrogen (secondary N) is 1. The third-order valence-corrected chi connectivity index (χ3v) is 7.93. The Morgan fingerprint density at radius 3 is 2.33 bits per heavy atom. The Kier molecular flexibility index (Phi) is 7.10. The van der Waals surface area contributed by atoms with Crippen molar-refractivity contribution < 1.29 is 9.59 Å². The average molecular weight is 339 g/mol. The molecule has 6 heteroatoms. The molecule has 0 unspecified atom stereocenters. The summed E-state index contributed by atoms with van der Waals surface area (Å²) in [6.45, 7) is 7.76. The molecular weight excluding hydrogens is 318 g/mol. The van der Waals surface area contributed by atoms with E-state index in [2.05, 4.69) is 11.9 Å². The quantitative estimate of drug-likeness (QED) is 0.609. The molecular formula is C18H21N3O2Si. The molecule has 1 aromatic rings. The molecule has 0 aliphatic rings. The number of carbonyl (C=O) groups excluding carboxylic acids is 2. The van der Waals surface area contributed by atoms with Crippen LogP contribution in [0.25, 0.3) is 0 Å². The number of amides is 2. The van der Waals surface area contributed by atoms with E-state index in [-0.39, 0.29) is 12.0 Å². The van der Waals surface area contributed by atoms with Crippen LogP contribution in [0.1, 0.15) is 16.8 Å². The Bertz CT molecular complexity index is 672. The largest absolute Gasteiger partial charge is 0.292 e. The molecule has 0 spiro atoms. The van der Waals surface area contributed by atoms with Crippen molar-refractivity contribution in [3.63, 3.8) is 0 Å². The lowest BCUT2D eigenvalue weighted by Gasteiger charge is -2.31. The summed E-state index contributed by atoms with van der Waals surface area (Å²) in [7, 11) is -2.07. The molecule has 0 heterocycles. The second kappa shape index (κ2) is 8.81. The lowest BCUT2D eigenvalue weighted by atomic mass is 10.1. The van der Waals surface area contributed by atoms with Gasteiger partial charge in [-0.2, -0.15) is 10.5 Å². The van der Waals surface area contributed by atoms with Gasteiger partial charge < -0.3 is 0 Å². The number of carbonyl (C=O) groups is 2. The standard InChI is InChI=1S/C18H21N3O2Si/c1-4-10-24(2,3)16(15(12-19)13-20)11-17(22)21-18(23)14-8-6-5-7-9-14/h4-9,15-16H,1,10-11H2,2-3H3,(H,21,22,23)/t16-/m1/s1. The first kappa shape index (κ1) is 19.3. The highest BCUT2D eigenvalue weighted by Gasteiger charge is 2.38. The van der Waals surface area contributed by atoms with Crippen LogP contribution in [-0.4, -0.2) is 19.9 Å². The summed E-state index contributed by atoms with van der Waals surface area (Å²) < 4.78 is 0. The van der Waals surface area contributed by atoms with E-state index in [1.54, 1.807) is 36.4 Å². The molecule has 0 radical (unpaired) electrons. The molecule has 0 saturated heterocycles. The van der Waals surface area contributed by atoms with E-state index in [1.165, 1.54) is 0 Å². The average Bonchev–Trinajstić information content (AvgIpc) is 2.55. The van der Waals surface area contributed by atoms with Gasteiger partial charge in [-0.15, -0.1) is 6.58 Å². The number of imide groups is 1. The Morgan fingerprint density at radius 1 is 1.25 bits per heavy atom. The van der Waals surface area contributed by atoms with Crippen LogP contribution < -0.4 is 5.32 Å². The monoisotopic (exact) mass is 339 g/mol. The van der Waals surface area contributed by atoms with E-state index >= 15 is 0 Å². The summed E-state index contributed by atoms with van der Waals surface area (Å²) in [6, 6.07) is 13.1. The molecule has 1 aromatic carbocycles. The third-order valence-electron chi connectivity index (χ3n) is 4.05. The molecule has 5 nitrogen and oxygen atoms in total. The highest BCUT2D eigenvalue weighted by Crippen LogP contribution is 2.36. The summed E-state index contributed by atoms with van der Waals surface area (Å²) in [4.78, 5) is 24.3. The highest BCUT2D eigenvalue weighted by molar-refractivity contribution is 6.79. The van der Waals surface area contributed by atoms with Crippen molar-refractivity contribution in [2.75, 3.05) is 0 Å². The summed E-state index contributed by atoms with van der Waals surface area (Å²) in [5.74, 6) is -1.81. The van der Waals surface area contributed by atoms with Crippen LogP contribution in [0, 0.1) is 28.6 Å². The predicted octanol–water partition coefficient (Wildman–Crippen LogP) is 3.26. The maximum atomic E-state index is 12.3. The first-order chi connectivity index (χ1) is 11.4. The Morgan fingerprint density at radius 2 is 1.83 bits per heavy atom. The van der Waals surface area contributed by atoms with Crippen LogP contribution in [0.2, 0.25) is 24.7 Å². The first-order valence-corrected chi connectivity index (χ1v) is 10.9. The minimum absolute atomic E-state index is 0.0164. The van der Waals surface area contributed by atoms with Crippen LogP contribution in [-0.2, 0) is 4.79 Å². The normalized spacial score (nSPS) is 11.9. The van der Waals surface area contributed by atoms with Gasteiger partial charge in [0.05, 0.1) is 20.2 Å². The van der Waals surface area contributed by atoms with Gasteiger partial charge in [-0.1, -0.05) is 37.4 Å². The summed E-state index contributed by atoms with van der Waals surface area (Å²) in [5, 5.41) is 20.8. The van der Waals surface area contributed by atoms with Gasteiger partial charge in [-0.25, -0.2) is 0 Å². The summed E-state index contributed by atoms with van der Waals surface area (Å²) in [6.07, 6.45) is 1.75. The third kappa shape index (κ3) is 5.19. The van der Waals surface area contributed by atoms with E-state index in [0.29, 0.717) is 11.6 Å². The second-order valence-electron chi connectivity index (χ2n) is 6.27. The maximum Gasteiger partial charge on any atom is 0.257 e. The smallest absolute Gasteiger partial charge is 0.257 e. The molecule has 0 saturated carbocycles. The van der Waals surface area contributed by atoms with Gasteiger partial charge in [0.15, 0.2) is 0 Å². The zero-order valence-corrected chi connectivity index (χ0v) is 15.0. The molecule has 0 fully saturated rings. The first-order valence-electron chi connectivity index (χ1n) is 7.65. The predicted molar refractivity (Wildman–Crippen MR) is 94.5 cm³/mol. The van der Waals surface area contributed by atoms with Gasteiger partial charge in [0, 0.05) is 12.0 Å². The molecule has 1 atom stereocenters. The number of hydrogen-bond acceptors (Lipinski definition) is 4. The Balaban J connectivity index is 2.89. The van der Waals surface area contributed by atoms with Gasteiger partial charge in [0.25, 0.3) is 5.91 Å². The molecule has 2 amide bonds. The van der Waals surface area contributed by atoms with Gasteiger partial charge in [-0.05, 0) is 23.7 Å². The van der Waals surface area contributed by atoms with Crippen molar-refractivity contribution in [1.82, 2.24) is 5.32 Å². The van der Waals surface area contributed by atoms with Crippen molar-refractivity contribution in [1.29, 1.82) is 10.5 Å². The maximum absolute atomic E-state index is 12.3. The second-order valence-corrected chi connectivity index (χ2v) is 11.4. The fraction of sp³-hybridized carbons (Fsp3) is 0.333. The van der Waals surface area contributed by atoms with Gasteiger partial charge >= 0.3 is 0 Å². The SMILES string of the molecule is C=CC[Si](C)(C)[C@H](CC(=O)NC(=O)c1ccccc1)C(C#N)C#N. The summed E-state index contributed by atoms with van der Waals surface area (Å²) in [5.41, 5.74) is 0.0242. The van der Waals surface area contributed by atoms with Crippen LogP contribution in [0.4, 0.5) is 0 Å². The molecule has 0 aliphatic heterocycles. The fourth-order valence-electron chi connectivity index (χ4n) is 2.62. The zero-order chi connectivity index (χ0) is 18.2. The van der Waals surface area contributed by atoms with E-state index in [1.807, 2.05) is 25.2 Å². The summed E-state index contributed by atoms with van der Waals surface area (Å²) >= 11 is 0. The van der Waals surface area contributed by atoms with Crippen molar-refractivity contribution in [2.45, 2.75) is 31.1 Å². The number of hydrogen-bond donors (Lipinski definition) is 1. The molecule has 1 N–H and O–H groups in total. The molecule has 0 bridgehead atoms. The van der Waals surface area contributed by atoms with Gasteiger partial charge in [-0.3, -0.25) is 14.9 Å². The van der Waals surface area contributed by atoms with E-state index in [4.69, 9.17) is 0 Å². The zero-order valence-electron chi connectivity index (χ0n) is 14.0. The minimum Gasteiger partial charge on any atom is -0.292 e. The molecule has 0 aliphatic carbocycles. The van der Waals surface area contributed by atoms with E-state index in [9.17, 15) is 20.1 Å². The van der Waals surface area contributed by atoms with Crippen LogP contribution >= 0.6 is 0 Å². The number of nitriles is 2. The molecule has 24 heavy (non-hydrogen) atoms. The van der Waals surface area contributed by atoms with Crippen molar-refractivity contribution >= 4 is 19.9 Å². The van der Waals surface area contributed by atoms with Gasteiger partial charge in [0.1, 0.15) is 5.92 Å². The lowest BCUT2D eigenvalue weighted by Crippen LogP contribution is -2.40. The fourth-order valence-corrected chi connectivity index (χ4v) is 5.45. The van der Waals surface area contributed by atoms with E-state index < -0.39 is 25.8 Å². The van der Waals surface area contributed by atoms with Crippen LogP contribution in [0.5, 0.6) is 0 Å². The Hall–Kier alpha value is -2.70. The lowest BCUT2D eigenvalue weighted by molar-refractivity contribution is -0.120. The minimum atomic E-state index is -2.07. The number of nitrogens with zero attached hydrogens (tertiary/aromatic N) is 2. The van der Waals surface area contributed by atoms with Gasteiger partial charge in [0.2, 0.25) is 5.91 Å². The number of rotatable bonds is 7. The van der Waals surface area contributed by atoms with Crippen molar-refractivity contribution in [3.05, 3.63) is 48.6 Å². The van der Waals surface area contributed by atoms with E-state index in [0.717, 1.165) is 0 Å². The van der Waals surface area contributed by atoms with Crippen LogP contribution in [0.15, 0.2) is 43.0 Å². The van der Waals surface area contributed by atoms with Crippen LogP contribution in [0.3, 0.4) is 0 Å². The topological polar surface area (TPSA) is 93.8 Å². The molecule has 0 aromatic heterocycles. The Labute approximate surface area is 143 Å². The molecule has 1 rings (SSSR count). The van der Waals surface area contributed by atoms with Crippen molar-refractivity contribution in [3.8, 4) is 12.1 Å².